The molecule has 0 saturated heterocycles. The van der Waals surface area contributed by atoms with Crippen molar-refractivity contribution < 1.29 is 9.59 Å². The Kier molecular flexibility index (Phi) is 6.02. The predicted octanol–water partition coefficient (Wildman–Crippen LogP) is 3.66. The maximum atomic E-state index is 12.1. The van der Waals surface area contributed by atoms with E-state index in [2.05, 4.69) is 5.32 Å². The van der Waals surface area contributed by atoms with Gasteiger partial charge in [0.15, 0.2) is 0 Å². The molecule has 0 atom stereocenters. The number of carbonyl (C=O) groups is 2. The van der Waals surface area contributed by atoms with Gasteiger partial charge in [-0.1, -0.05) is 41.4 Å². The highest BCUT2D eigenvalue weighted by atomic mass is 35.5. The maximum Gasteiger partial charge on any atom is 0.240 e. The molecule has 1 N–H and O–H groups in total. The fourth-order valence-electron chi connectivity index (χ4n) is 2.04. The summed E-state index contributed by atoms with van der Waals surface area (Å²) in [5.74, 6) is -0.490. The smallest absolute Gasteiger partial charge is 0.240 e. The molecule has 6 heteroatoms. The zero-order valence-corrected chi connectivity index (χ0v) is 14.1. The van der Waals surface area contributed by atoms with E-state index in [1.165, 1.54) is 11.8 Å². The first-order valence-corrected chi connectivity index (χ1v) is 7.76. The first-order valence-electron chi connectivity index (χ1n) is 7.01. The number of nitrogens with one attached hydrogen (secondary N) is 1. The highest BCUT2D eigenvalue weighted by molar-refractivity contribution is 6.31. The Bertz CT molecular complexity index is 702. The van der Waals surface area contributed by atoms with Gasteiger partial charge >= 0.3 is 0 Å². The number of carbonyl (C=O) groups excluding carboxylic acids is 2. The topological polar surface area (TPSA) is 49.4 Å². The molecular formula is C17H16Cl2N2O2. The summed E-state index contributed by atoms with van der Waals surface area (Å²) in [5.41, 5.74) is 1.44. The molecular weight excluding hydrogens is 335 g/mol. The second kappa shape index (κ2) is 7.99. The molecule has 2 aromatic carbocycles. The molecule has 0 spiro atoms. The summed E-state index contributed by atoms with van der Waals surface area (Å²) in [7, 11) is 0. The van der Waals surface area contributed by atoms with E-state index in [9.17, 15) is 9.59 Å². The summed E-state index contributed by atoms with van der Waals surface area (Å²) in [5, 5.41) is 3.92. The van der Waals surface area contributed by atoms with Gasteiger partial charge in [0.05, 0.1) is 0 Å². The molecule has 0 aliphatic heterocycles. The van der Waals surface area contributed by atoms with Crippen LogP contribution in [0, 0.1) is 0 Å². The van der Waals surface area contributed by atoms with E-state index in [1.807, 2.05) is 18.2 Å². The zero-order valence-electron chi connectivity index (χ0n) is 12.6. The van der Waals surface area contributed by atoms with Crippen LogP contribution in [0.25, 0.3) is 0 Å². The first kappa shape index (κ1) is 17.3. The van der Waals surface area contributed by atoms with Crippen LogP contribution >= 0.6 is 23.2 Å². The van der Waals surface area contributed by atoms with E-state index >= 15 is 0 Å². The van der Waals surface area contributed by atoms with Gasteiger partial charge in [0.25, 0.3) is 0 Å². The maximum absolute atomic E-state index is 12.1. The summed E-state index contributed by atoms with van der Waals surface area (Å²) < 4.78 is 0. The molecule has 0 unspecified atom stereocenters. The monoisotopic (exact) mass is 350 g/mol. The van der Waals surface area contributed by atoms with E-state index in [0.717, 1.165) is 5.56 Å². The van der Waals surface area contributed by atoms with E-state index < -0.39 is 0 Å². The van der Waals surface area contributed by atoms with Gasteiger partial charge in [0.1, 0.15) is 6.54 Å². The van der Waals surface area contributed by atoms with Crippen molar-refractivity contribution in [3.63, 3.8) is 0 Å². The van der Waals surface area contributed by atoms with Crippen LogP contribution in [-0.2, 0) is 16.1 Å². The molecule has 2 aromatic rings. The Balaban J connectivity index is 2.00. The molecule has 2 amide bonds. The Morgan fingerprint density at radius 3 is 2.30 bits per heavy atom. The summed E-state index contributed by atoms with van der Waals surface area (Å²) in [6, 6.07) is 14.0. The Morgan fingerprint density at radius 2 is 1.70 bits per heavy atom. The third kappa shape index (κ3) is 4.98. The SMILES string of the molecule is CC(=O)N(CC(=O)NCc1ccccc1Cl)c1ccc(Cl)cc1. The molecule has 2 rings (SSSR count). The number of rotatable bonds is 5. The van der Waals surface area contributed by atoms with Crippen LogP contribution in [-0.4, -0.2) is 18.4 Å². The van der Waals surface area contributed by atoms with Gasteiger partial charge in [-0.05, 0) is 35.9 Å². The molecule has 0 aliphatic rings. The van der Waals surface area contributed by atoms with E-state index in [-0.39, 0.29) is 18.4 Å². The second-order valence-electron chi connectivity index (χ2n) is 4.95. The standard InChI is InChI=1S/C17H16Cl2N2O2/c1-12(22)21(15-8-6-14(18)7-9-15)11-17(23)20-10-13-4-2-3-5-16(13)19/h2-9H,10-11H2,1H3,(H,20,23). The summed E-state index contributed by atoms with van der Waals surface area (Å²) in [4.78, 5) is 25.3. The first-order chi connectivity index (χ1) is 11.0. The van der Waals surface area contributed by atoms with Crippen molar-refractivity contribution in [3.8, 4) is 0 Å². The van der Waals surface area contributed by atoms with Crippen molar-refractivity contribution in [1.82, 2.24) is 5.32 Å². The largest absolute Gasteiger partial charge is 0.350 e. The minimum absolute atomic E-state index is 0.0680. The van der Waals surface area contributed by atoms with Crippen LogP contribution < -0.4 is 10.2 Å². The third-order valence-corrected chi connectivity index (χ3v) is 3.87. The van der Waals surface area contributed by atoms with Gasteiger partial charge in [-0.25, -0.2) is 0 Å². The van der Waals surface area contributed by atoms with Gasteiger partial charge < -0.3 is 10.2 Å². The molecule has 0 aliphatic carbocycles. The highest BCUT2D eigenvalue weighted by Gasteiger charge is 2.15. The van der Waals surface area contributed by atoms with Gasteiger partial charge in [0.2, 0.25) is 11.8 Å². The molecule has 0 aromatic heterocycles. The molecule has 0 radical (unpaired) electrons. The van der Waals surface area contributed by atoms with Crippen LogP contribution in [0.1, 0.15) is 12.5 Å². The second-order valence-corrected chi connectivity index (χ2v) is 5.79. The average Bonchev–Trinajstić information content (AvgIpc) is 2.52. The lowest BCUT2D eigenvalue weighted by Crippen LogP contribution is -2.39. The van der Waals surface area contributed by atoms with Crippen molar-refractivity contribution >= 4 is 40.7 Å². The van der Waals surface area contributed by atoms with Crippen molar-refractivity contribution in [1.29, 1.82) is 0 Å². The van der Waals surface area contributed by atoms with Gasteiger partial charge in [-0.15, -0.1) is 0 Å². The summed E-state index contributed by atoms with van der Waals surface area (Å²) >= 11 is 11.9. The average molecular weight is 351 g/mol. The quantitative estimate of drug-likeness (QED) is 0.894. The minimum atomic E-state index is -0.268. The predicted molar refractivity (Wildman–Crippen MR) is 92.8 cm³/mol. The fourth-order valence-corrected chi connectivity index (χ4v) is 2.37. The Labute approximate surface area is 145 Å². The highest BCUT2D eigenvalue weighted by Crippen LogP contribution is 2.18. The number of amides is 2. The molecule has 0 fully saturated rings. The number of nitrogens with zero attached hydrogens (tertiary/aromatic N) is 1. The normalized spacial score (nSPS) is 10.2. The van der Waals surface area contributed by atoms with Crippen LogP contribution in [0.3, 0.4) is 0 Å². The number of anilines is 1. The van der Waals surface area contributed by atoms with Crippen molar-refractivity contribution in [2.24, 2.45) is 0 Å². The van der Waals surface area contributed by atoms with Crippen LogP contribution in [0.2, 0.25) is 10.0 Å². The van der Waals surface area contributed by atoms with Gasteiger partial charge in [0, 0.05) is 29.2 Å². The van der Waals surface area contributed by atoms with Crippen LogP contribution in [0.15, 0.2) is 48.5 Å². The lowest BCUT2D eigenvalue weighted by Gasteiger charge is -2.20. The molecule has 120 valence electrons. The number of hydrogen-bond donors (Lipinski definition) is 1. The zero-order chi connectivity index (χ0) is 16.8. The molecule has 23 heavy (non-hydrogen) atoms. The molecule has 0 heterocycles. The fraction of sp³-hybridized carbons (Fsp3) is 0.176. The number of benzene rings is 2. The Morgan fingerprint density at radius 1 is 1.04 bits per heavy atom. The van der Waals surface area contributed by atoms with Crippen LogP contribution in [0.4, 0.5) is 5.69 Å². The molecule has 4 nitrogen and oxygen atoms in total. The number of hydrogen-bond acceptors (Lipinski definition) is 2. The Hall–Kier alpha value is -2.04. The lowest BCUT2D eigenvalue weighted by atomic mass is 10.2. The summed E-state index contributed by atoms with van der Waals surface area (Å²) in [6.07, 6.45) is 0. The van der Waals surface area contributed by atoms with Crippen molar-refractivity contribution in [3.05, 3.63) is 64.1 Å². The van der Waals surface area contributed by atoms with Crippen LogP contribution in [0.5, 0.6) is 0 Å². The van der Waals surface area contributed by atoms with E-state index in [1.54, 1.807) is 30.3 Å². The molecule has 0 saturated carbocycles. The van der Waals surface area contributed by atoms with Gasteiger partial charge in [-0.3, -0.25) is 9.59 Å². The third-order valence-electron chi connectivity index (χ3n) is 3.25. The van der Waals surface area contributed by atoms with E-state index in [4.69, 9.17) is 23.2 Å². The van der Waals surface area contributed by atoms with Gasteiger partial charge in [-0.2, -0.15) is 0 Å². The van der Waals surface area contributed by atoms with Crippen molar-refractivity contribution in [2.45, 2.75) is 13.5 Å². The summed E-state index contributed by atoms with van der Waals surface area (Å²) in [6.45, 7) is 1.65. The lowest BCUT2D eigenvalue weighted by molar-refractivity contribution is -0.123. The minimum Gasteiger partial charge on any atom is -0.350 e. The van der Waals surface area contributed by atoms with Crippen molar-refractivity contribution in [2.75, 3.05) is 11.4 Å². The number of halogens is 2. The van der Waals surface area contributed by atoms with E-state index in [0.29, 0.717) is 22.3 Å². The molecule has 0 bridgehead atoms.